The maximum atomic E-state index is 12.3. The van der Waals surface area contributed by atoms with Crippen LogP contribution in [0.4, 0.5) is 4.79 Å². The van der Waals surface area contributed by atoms with Crippen molar-refractivity contribution in [2.24, 2.45) is 5.92 Å². The molecule has 2 heterocycles. The third-order valence-corrected chi connectivity index (χ3v) is 5.62. The molecule has 1 aliphatic heterocycles. The number of carbonyl (C=O) groups excluding carboxylic acids is 2. The Labute approximate surface area is 158 Å². The number of hydrogen-bond acceptors (Lipinski definition) is 5. The molecule has 3 rings (SSSR count). The van der Waals surface area contributed by atoms with Crippen molar-refractivity contribution in [2.75, 3.05) is 19.6 Å². The van der Waals surface area contributed by atoms with E-state index in [1.807, 2.05) is 32.0 Å². The Morgan fingerprint density at radius 2 is 2.12 bits per heavy atom. The van der Waals surface area contributed by atoms with Crippen LogP contribution in [-0.4, -0.2) is 41.5 Å². The van der Waals surface area contributed by atoms with Gasteiger partial charge in [-0.05, 0) is 37.4 Å². The summed E-state index contributed by atoms with van der Waals surface area (Å²) < 4.78 is 1.17. The number of urea groups is 1. The zero-order chi connectivity index (χ0) is 18.5. The Balaban J connectivity index is 1.63. The molecule has 1 atom stereocenters. The van der Waals surface area contributed by atoms with Gasteiger partial charge in [0.2, 0.25) is 5.91 Å². The summed E-state index contributed by atoms with van der Waals surface area (Å²) in [6, 6.07) is 7.84. The van der Waals surface area contributed by atoms with Crippen molar-refractivity contribution >= 4 is 33.5 Å². The molecule has 3 amide bonds. The van der Waals surface area contributed by atoms with Crippen molar-refractivity contribution < 1.29 is 9.59 Å². The molecular formula is C19H26N4O2S. The lowest BCUT2D eigenvalue weighted by atomic mass is 10.0. The lowest BCUT2D eigenvalue weighted by Gasteiger charge is -2.33. The second-order valence-electron chi connectivity index (χ2n) is 7.15. The fourth-order valence-electron chi connectivity index (χ4n) is 3.18. The van der Waals surface area contributed by atoms with Crippen molar-refractivity contribution in [1.82, 2.24) is 20.5 Å². The van der Waals surface area contributed by atoms with E-state index in [1.165, 1.54) is 4.70 Å². The summed E-state index contributed by atoms with van der Waals surface area (Å²) in [4.78, 5) is 31.0. The van der Waals surface area contributed by atoms with E-state index >= 15 is 0 Å². The number of nitrogens with one attached hydrogen (secondary N) is 2. The van der Waals surface area contributed by atoms with E-state index < -0.39 is 6.03 Å². The number of amides is 3. The second kappa shape index (κ2) is 8.60. The average molecular weight is 375 g/mol. The molecule has 1 aliphatic rings. The Morgan fingerprint density at radius 3 is 2.88 bits per heavy atom. The van der Waals surface area contributed by atoms with Gasteiger partial charge in [0.1, 0.15) is 5.01 Å². The fraction of sp³-hybridized carbons (Fsp3) is 0.526. The van der Waals surface area contributed by atoms with Crippen molar-refractivity contribution in [2.45, 2.75) is 39.2 Å². The lowest BCUT2D eigenvalue weighted by molar-refractivity contribution is -0.122. The summed E-state index contributed by atoms with van der Waals surface area (Å²) in [6.45, 7) is 5.64. The predicted molar refractivity (Wildman–Crippen MR) is 104 cm³/mol. The predicted octanol–water partition coefficient (Wildman–Crippen LogP) is 3.31. The Kier molecular flexibility index (Phi) is 6.21. The molecule has 7 heteroatoms. The van der Waals surface area contributed by atoms with E-state index in [4.69, 9.17) is 4.98 Å². The number of carbonyl (C=O) groups is 2. The molecule has 1 fully saturated rings. The van der Waals surface area contributed by atoms with Crippen LogP contribution in [0, 0.1) is 5.92 Å². The fourth-order valence-corrected chi connectivity index (χ4v) is 4.32. The van der Waals surface area contributed by atoms with Crippen LogP contribution < -0.4 is 10.6 Å². The SMILES string of the molecule is CC(C)CNC(=O)NC(=O)CN1CCCC[C@H]1c1nc2ccccc2s1. The largest absolute Gasteiger partial charge is 0.338 e. The Hall–Kier alpha value is -1.99. The minimum absolute atomic E-state index is 0.144. The highest BCUT2D eigenvalue weighted by Crippen LogP contribution is 2.35. The lowest BCUT2D eigenvalue weighted by Crippen LogP contribution is -2.46. The molecule has 1 saturated heterocycles. The van der Waals surface area contributed by atoms with E-state index in [0.29, 0.717) is 12.5 Å². The molecule has 0 aliphatic carbocycles. The monoisotopic (exact) mass is 374 g/mol. The maximum Gasteiger partial charge on any atom is 0.321 e. The van der Waals surface area contributed by atoms with Crippen molar-refractivity contribution in [3.63, 3.8) is 0 Å². The molecule has 140 valence electrons. The van der Waals surface area contributed by atoms with Gasteiger partial charge >= 0.3 is 6.03 Å². The summed E-state index contributed by atoms with van der Waals surface area (Å²) in [5.41, 5.74) is 1.01. The molecule has 26 heavy (non-hydrogen) atoms. The number of thiazole rings is 1. The summed E-state index contributed by atoms with van der Waals surface area (Å²) in [6.07, 6.45) is 3.19. The first kappa shape index (κ1) is 18.8. The van der Waals surface area contributed by atoms with Crippen LogP contribution in [0.15, 0.2) is 24.3 Å². The molecule has 2 N–H and O–H groups in total. The highest BCUT2D eigenvalue weighted by atomic mass is 32.1. The van der Waals surface area contributed by atoms with Crippen molar-refractivity contribution in [3.8, 4) is 0 Å². The molecule has 0 unspecified atom stereocenters. The highest BCUT2D eigenvalue weighted by Gasteiger charge is 2.28. The van der Waals surface area contributed by atoms with E-state index in [1.54, 1.807) is 11.3 Å². The van der Waals surface area contributed by atoms with Gasteiger partial charge in [0.25, 0.3) is 0 Å². The zero-order valence-electron chi connectivity index (χ0n) is 15.3. The van der Waals surface area contributed by atoms with Crippen LogP contribution in [0.2, 0.25) is 0 Å². The van der Waals surface area contributed by atoms with Crippen molar-refractivity contribution in [3.05, 3.63) is 29.3 Å². The van der Waals surface area contributed by atoms with E-state index in [-0.39, 0.29) is 18.5 Å². The van der Waals surface area contributed by atoms with E-state index in [2.05, 4.69) is 21.6 Å². The minimum atomic E-state index is -0.419. The van der Waals surface area contributed by atoms with Gasteiger partial charge in [0.15, 0.2) is 0 Å². The van der Waals surface area contributed by atoms with Crippen LogP contribution >= 0.6 is 11.3 Å². The number of fused-ring (bicyclic) bond motifs is 1. The first-order valence-electron chi connectivity index (χ1n) is 9.20. The van der Waals surface area contributed by atoms with Crippen LogP contribution in [-0.2, 0) is 4.79 Å². The molecule has 0 radical (unpaired) electrons. The molecule has 1 aromatic heterocycles. The van der Waals surface area contributed by atoms with Gasteiger partial charge in [0.05, 0.1) is 22.8 Å². The van der Waals surface area contributed by atoms with Gasteiger partial charge in [-0.15, -0.1) is 11.3 Å². The summed E-state index contributed by atoms with van der Waals surface area (Å²) in [5, 5.41) is 6.20. The van der Waals surface area contributed by atoms with Gasteiger partial charge in [0, 0.05) is 6.54 Å². The number of imide groups is 1. The number of piperidine rings is 1. The average Bonchev–Trinajstić information content (AvgIpc) is 3.04. The molecule has 0 spiro atoms. The number of likely N-dealkylation sites (tertiary alicyclic amines) is 1. The standard InChI is InChI=1S/C19H26N4O2S/c1-13(2)11-20-19(25)22-17(24)12-23-10-6-5-8-15(23)18-21-14-7-3-4-9-16(14)26-18/h3-4,7,9,13,15H,5-6,8,10-12H2,1-2H3,(H2,20,22,24,25)/t15-/m0/s1. The Morgan fingerprint density at radius 1 is 1.31 bits per heavy atom. The van der Waals surface area contributed by atoms with Gasteiger partial charge < -0.3 is 5.32 Å². The number of benzene rings is 1. The summed E-state index contributed by atoms with van der Waals surface area (Å²) in [5.74, 6) is 0.0839. The van der Waals surface area contributed by atoms with Crippen molar-refractivity contribution in [1.29, 1.82) is 0 Å². The molecule has 2 aromatic rings. The van der Waals surface area contributed by atoms with Gasteiger partial charge in [-0.1, -0.05) is 32.4 Å². The third kappa shape index (κ3) is 4.80. The Bertz CT molecular complexity index is 741. The summed E-state index contributed by atoms with van der Waals surface area (Å²) in [7, 11) is 0. The smallest absolute Gasteiger partial charge is 0.321 e. The number of hydrogen-bond donors (Lipinski definition) is 2. The molecule has 6 nitrogen and oxygen atoms in total. The zero-order valence-corrected chi connectivity index (χ0v) is 16.1. The molecule has 0 bridgehead atoms. The highest BCUT2D eigenvalue weighted by molar-refractivity contribution is 7.18. The van der Waals surface area contributed by atoms with Gasteiger partial charge in [-0.25, -0.2) is 9.78 Å². The number of para-hydroxylation sites is 1. The van der Waals surface area contributed by atoms with Gasteiger partial charge in [-0.2, -0.15) is 0 Å². The van der Waals surface area contributed by atoms with E-state index in [9.17, 15) is 9.59 Å². The maximum absolute atomic E-state index is 12.3. The molecular weight excluding hydrogens is 348 g/mol. The van der Waals surface area contributed by atoms with Crippen LogP contribution in [0.5, 0.6) is 0 Å². The number of nitrogens with zero attached hydrogens (tertiary/aromatic N) is 2. The van der Waals surface area contributed by atoms with Crippen LogP contribution in [0.25, 0.3) is 10.2 Å². The third-order valence-electron chi connectivity index (χ3n) is 4.48. The van der Waals surface area contributed by atoms with Crippen LogP contribution in [0.3, 0.4) is 0 Å². The minimum Gasteiger partial charge on any atom is -0.338 e. The first-order chi connectivity index (χ1) is 12.5. The number of rotatable bonds is 5. The molecule has 1 aromatic carbocycles. The quantitative estimate of drug-likeness (QED) is 0.842. The normalized spacial score (nSPS) is 18.2. The topological polar surface area (TPSA) is 74.3 Å². The summed E-state index contributed by atoms with van der Waals surface area (Å²) >= 11 is 1.70. The second-order valence-corrected chi connectivity index (χ2v) is 8.22. The van der Waals surface area contributed by atoms with E-state index in [0.717, 1.165) is 36.3 Å². The number of aromatic nitrogens is 1. The van der Waals surface area contributed by atoms with Gasteiger partial charge in [-0.3, -0.25) is 15.0 Å². The van der Waals surface area contributed by atoms with Crippen LogP contribution in [0.1, 0.15) is 44.2 Å². The molecule has 0 saturated carbocycles. The first-order valence-corrected chi connectivity index (χ1v) is 10.0.